The molecule has 0 bridgehead atoms. The zero-order valence-corrected chi connectivity index (χ0v) is 11.4. The normalized spacial score (nSPS) is 11.3. The molecular formula is C14H11F4N3O. The van der Waals surface area contributed by atoms with Crippen LogP contribution in [-0.4, -0.2) is 10.9 Å². The summed E-state index contributed by atoms with van der Waals surface area (Å²) in [7, 11) is 0. The standard InChI is InChI=1S/C14H11F4N3O/c1-8(22)21(13-7-10(19)4-5-20-13)12-3-2-9(6-11(12)15)14(16,17)18/h2-7H,1H3,(H2,19,20). The van der Waals surface area contributed by atoms with Gasteiger partial charge in [-0.2, -0.15) is 13.2 Å². The van der Waals surface area contributed by atoms with E-state index in [1.165, 1.54) is 18.3 Å². The Hall–Kier alpha value is -2.64. The van der Waals surface area contributed by atoms with Crippen molar-refractivity contribution in [3.05, 3.63) is 47.9 Å². The van der Waals surface area contributed by atoms with Crippen molar-refractivity contribution in [2.24, 2.45) is 0 Å². The van der Waals surface area contributed by atoms with Gasteiger partial charge in [-0.25, -0.2) is 9.37 Å². The minimum atomic E-state index is -4.67. The molecule has 4 nitrogen and oxygen atoms in total. The largest absolute Gasteiger partial charge is 0.416 e. The summed E-state index contributed by atoms with van der Waals surface area (Å²) >= 11 is 0. The molecule has 2 aromatic rings. The lowest BCUT2D eigenvalue weighted by molar-refractivity contribution is -0.137. The highest BCUT2D eigenvalue weighted by Gasteiger charge is 2.32. The van der Waals surface area contributed by atoms with Gasteiger partial charge in [-0.15, -0.1) is 0 Å². The van der Waals surface area contributed by atoms with Crippen LogP contribution in [0.25, 0.3) is 0 Å². The van der Waals surface area contributed by atoms with Crippen molar-refractivity contribution in [1.82, 2.24) is 4.98 Å². The number of nitrogens with zero attached hydrogens (tertiary/aromatic N) is 2. The zero-order chi connectivity index (χ0) is 16.5. The molecule has 0 fully saturated rings. The number of hydrogen-bond donors (Lipinski definition) is 1. The fourth-order valence-electron chi connectivity index (χ4n) is 1.88. The van der Waals surface area contributed by atoms with Crippen LogP contribution in [0.3, 0.4) is 0 Å². The maximum Gasteiger partial charge on any atom is 0.416 e. The predicted octanol–water partition coefficient (Wildman–Crippen LogP) is 3.51. The summed E-state index contributed by atoms with van der Waals surface area (Å²) in [5.74, 6) is -1.78. The van der Waals surface area contributed by atoms with Crippen molar-refractivity contribution < 1.29 is 22.4 Å². The number of nitrogens with two attached hydrogens (primary N) is 1. The van der Waals surface area contributed by atoms with Crippen molar-refractivity contribution in [1.29, 1.82) is 0 Å². The molecule has 1 aromatic heterocycles. The van der Waals surface area contributed by atoms with E-state index in [2.05, 4.69) is 4.98 Å². The van der Waals surface area contributed by atoms with Crippen LogP contribution in [0.2, 0.25) is 0 Å². The summed E-state index contributed by atoms with van der Waals surface area (Å²) in [6.45, 7) is 1.14. The Morgan fingerprint density at radius 3 is 2.41 bits per heavy atom. The minimum Gasteiger partial charge on any atom is -0.399 e. The van der Waals surface area contributed by atoms with Crippen LogP contribution in [-0.2, 0) is 11.0 Å². The lowest BCUT2D eigenvalue weighted by atomic mass is 10.1. The van der Waals surface area contributed by atoms with Crippen LogP contribution in [0, 0.1) is 5.82 Å². The van der Waals surface area contributed by atoms with E-state index in [-0.39, 0.29) is 17.2 Å². The summed E-state index contributed by atoms with van der Waals surface area (Å²) < 4.78 is 51.7. The van der Waals surface area contributed by atoms with Gasteiger partial charge in [0, 0.05) is 24.9 Å². The molecule has 1 aromatic carbocycles. The van der Waals surface area contributed by atoms with Crippen molar-refractivity contribution in [2.45, 2.75) is 13.1 Å². The van der Waals surface area contributed by atoms with Crippen molar-refractivity contribution in [3.63, 3.8) is 0 Å². The quantitative estimate of drug-likeness (QED) is 0.863. The number of alkyl halides is 3. The number of anilines is 3. The van der Waals surface area contributed by atoms with Gasteiger partial charge in [-0.05, 0) is 24.3 Å². The van der Waals surface area contributed by atoms with Gasteiger partial charge >= 0.3 is 6.18 Å². The Morgan fingerprint density at radius 2 is 1.91 bits per heavy atom. The van der Waals surface area contributed by atoms with Crippen LogP contribution in [0.4, 0.5) is 34.8 Å². The van der Waals surface area contributed by atoms with Gasteiger partial charge in [0.15, 0.2) is 0 Å². The second-order valence-electron chi connectivity index (χ2n) is 4.47. The summed E-state index contributed by atoms with van der Waals surface area (Å²) in [6, 6.07) is 4.69. The third-order valence-electron chi connectivity index (χ3n) is 2.83. The molecule has 2 N–H and O–H groups in total. The molecule has 0 saturated heterocycles. The second kappa shape index (κ2) is 5.63. The molecule has 0 aliphatic carbocycles. The van der Waals surface area contributed by atoms with E-state index in [4.69, 9.17) is 5.73 Å². The van der Waals surface area contributed by atoms with E-state index in [0.717, 1.165) is 17.9 Å². The Bertz CT molecular complexity index is 715. The number of carbonyl (C=O) groups excluding carboxylic acids is 1. The van der Waals surface area contributed by atoms with Crippen LogP contribution in [0.15, 0.2) is 36.5 Å². The average molecular weight is 313 g/mol. The van der Waals surface area contributed by atoms with Gasteiger partial charge in [0.05, 0.1) is 11.3 Å². The van der Waals surface area contributed by atoms with Gasteiger partial charge in [-0.3, -0.25) is 9.69 Å². The second-order valence-corrected chi connectivity index (χ2v) is 4.47. The van der Waals surface area contributed by atoms with E-state index >= 15 is 0 Å². The van der Waals surface area contributed by atoms with Gasteiger partial charge in [-0.1, -0.05) is 0 Å². The molecule has 0 atom stereocenters. The highest BCUT2D eigenvalue weighted by molar-refractivity contribution is 5.98. The summed E-state index contributed by atoms with van der Waals surface area (Å²) in [5.41, 5.74) is 4.38. The highest BCUT2D eigenvalue weighted by Crippen LogP contribution is 2.34. The Balaban J connectivity index is 2.53. The number of carbonyl (C=O) groups is 1. The number of nitrogen functional groups attached to an aromatic ring is 1. The minimum absolute atomic E-state index is 0.0196. The van der Waals surface area contributed by atoms with Crippen molar-refractivity contribution >= 4 is 23.1 Å². The molecule has 116 valence electrons. The number of rotatable bonds is 2. The lowest BCUT2D eigenvalue weighted by Gasteiger charge is -2.21. The van der Waals surface area contributed by atoms with Crippen LogP contribution in [0.5, 0.6) is 0 Å². The Labute approximate surface area is 123 Å². The molecular weight excluding hydrogens is 302 g/mol. The molecule has 2 rings (SSSR count). The van der Waals surface area contributed by atoms with E-state index < -0.39 is 23.5 Å². The fraction of sp³-hybridized carbons (Fsp3) is 0.143. The molecule has 0 radical (unpaired) electrons. The summed E-state index contributed by atoms with van der Waals surface area (Å²) in [6.07, 6.45) is -3.36. The van der Waals surface area contributed by atoms with Crippen LogP contribution >= 0.6 is 0 Å². The van der Waals surface area contributed by atoms with Gasteiger partial charge in [0.2, 0.25) is 5.91 Å². The van der Waals surface area contributed by atoms with Crippen LogP contribution in [0.1, 0.15) is 12.5 Å². The summed E-state index contributed by atoms with van der Waals surface area (Å²) in [5, 5.41) is 0. The molecule has 0 aliphatic heterocycles. The highest BCUT2D eigenvalue weighted by atomic mass is 19.4. The zero-order valence-electron chi connectivity index (χ0n) is 11.4. The third kappa shape index (κ3) is 3.16. The molecule has 8 heteroatoms. The first-order chi connectivity index (χ1) is 10.2. The smallest absolute Gasteiger partial charge is 0.399 e. The molecule has 0 aliphatic rings. The number of hydrogen-bond acceptors (Lipinski definition) is 3. The molecule has 22 heavy (non-hydrogen) atoms. The lowest BCUT2D eigenvalue weighted by Crippen LogP contribution is -2.25. The molecule has 0 saturated carbocycles. The summed E-state index contributed by atoms with van der Waals surface area (Å²) in [4.78, 5) is 16.5. The number of aromatic nitrogens is 1. The van der Waals surface area contributed by atoms with Crippen molar-refractivity contribution in [2.75, 3.05) is 10.6 Å². The Morgan fingerprint density at radius 1 is 1.23 bits per heavy atom. The molecule has 1 heterocycles. The maximum atomic E-state index is 14.0. The van der Waals surface area contributed by atoms with Crippen LogP contribution < -0.4 is 10.6 Å². The van der Waals surface area contributed by atoms with E-state index in [1.54, 1.807) is 0 Å². The average Bonchev–Trinajstić information content (AvgIpc) is 2.39. The first-order valence-corrected chi connectivity index (χ1v) is 6.09. The number of amides is 1. The van der Waals surface area contributed by atoms with Gasteiger partial charge in [0.1, 0.15) is 11.6 Å². The van der Waals surface area contributed by atoms with E-state index in [9.17, 15) is 22.4 Å². The fourth-order valence-corrected chi connectivity index (χ4v) is 1.88. The number of benzene rings is 1. The van der Waals surface area contributed by atoms with E-state index in [0.29, 0.717) is 12.1 Å². The predicted molar refractivity (Wildman–Crippen MR) is 72.9 cm³/mol. The van der Waals surface area contributed by atoms with Crippen molar-refractivity contribution in [3.8, 4) is 0 Å². The SMILES string of the molecule is CC(=O)N(c1cc(N)ccn1)c1ccc(C(F)(F)F)cc1F. The molecule has 0 unspecified atom stereocenters. The maximum absolute atomic E-state index is 14.0. The molecule has 0 spiro atoms. The van der Waals surface area contributed by atoms with Gasteiger partial charge < -0.3 is 5.73 Å². The molecule has 1 amide bonds. The Kier molecular flexibility index (Phi) is 4.03. The van der Waals surface area contributed by atoms with E-state index in [1.807, 2.05) is 0 Å². The number of halogens is 4. The number of pyridine rings is 1. The monoisotopic (exact) mass is 313 g/mol. The first-order valence-electron chi connectivity index (χ1n) is 6.09. The first kappa shape index (κ1) is 15.7. The van der Waals surface area contributed by atoms with Gasteiger partial charge in [0.25, 0.3) is 0 Å². The third-order valence-corrected chi connectivity index (χ3v) is 2.83. The topological polar surface area (TPSA) is 59.2 Å².